The van der Waals surface area contributed by atoms with Gasteiger partial charge in [-0.1, -0.05) is 0 Å². The van der Waals surface area contributed by atoms with Crippen LogP contribution in [-0.4, -0.2) is 47.8 Å². The summed E-state index contributed by atoms with van der Waals surface area (Å²) < 4.78 is 77.1. The molecular formula is C12H12F6N2O2. The van der Waals surface area contributed by atoms with E-state index in [9.17, 15) is 31.1 Å². The Morgan fingerprint density at radius 3 is 2.23 bits per heavy atom. The standard InChI is InChI=1S/C12H12F6N2O2/c1-2-20(6-11(13,14)15)10(21)8-3-4-9(19-5-8)22-7-12(16,17)18/h3-5H,2,6-7H2,1H3. The van der Waals surface area contributed by atoms with Crippen LogP contribution in [0.2, 0.25) is 0 Å². The number of halogens is 6. The second-order valence-electron chi connectivity index (χ2n) is 4.22. The zero-order valence-corrected chi connectivity index (χ0v) is 11.3. The number of rotatable bonds is 5. The Balaban J connectivity index is 2.74. The SMILES string of the molecule is CCN(CC(F)(F)F)C(=O)c1ccc(OCC(F)(F)F)nc1. The number of amides is 1. The van der Waals surface area contributed by atoms with E-state index in [4.69, 9.17) is 0 Å². The Kier molecular flexibility index (Phi) is 5.61. The highest BCUT2D eigenvalue weighted by Gasteiger charge is 2.33. The molecule has 0 aromatic carbocycles. The van der Waals surface area contributed by atoms with E-state index in [2.05, 4.69) is 9.72 Å². The van der Waals surface area contributed by atoms with Gasteiger partial charge >= 0.3 is 12.4 Å². The molecule has 0 bridgehead atoms. The summed E-state index contributed by atoms with van der Waals surface area (Å²) in [4.78, 5) is 15.9. The van der Waals surface area contributed by atoms with Crippen LogP contribution in [0.25, 0.3) is 0 Å². The zero-order chi connectivity index (χ0) is 17.0. The molecular weight excluding hydrogens is 318 g/mol. The van der Waals surface area contributed by atoms with E-state index in [1.165, 1.54) is 6.92 Å². The molecule has 1 rings (SSSR count). The molecule has 0 fully saturated rings. The summed E-state index contributed by atoms with van der Waals surface area (Å²) in [6.07, 6.45) is -8.22. The first-order valence-electron chi connectivity index (χ1n) is 6.03. The molecule has 0 aliphatic heterocycles. The molecule has 0 radical (unpaired) electrons. The molecule has 1 amide bonds. The summed E-state index contributed by atoms with van der Waals surface area (Å²) >= 11 is 0. The van der Waals surface area contributed by atoms with Crippen molar-refractivity contribution in [1.82, 2.24) is 9.88 Å². The van der Waals surface area contributed by atoms with Crippen LogP contribution in [0.1, 0.15) is 17.3 Å². The third-order valence-corrected chi connectivity index (χ3v) is 2.41. The lowest BCUT2D eigenvalue weighted by Gasteiger charge is -2.22. The fourth-order valence-corrected chi connectivity index (χ4v) is 1.47. The van der Waals surface area contributed by atoms with Crippen molar-refractivity contribution in [3.63, 3.8) is 0 Å². The second-order valence-corrected chi connectivity index (χ2v) is 4.22. The summed E-state index contributed by atoms with van der Waals surface area (Å²) in [5.41, 5.74) is -0.176. The number of carbonyl (C=O) groups is 1. The van der Waals surface area contributed by atoms with Gasteiger partial charge in [0.2, 0.25) is 5.88 Å². The molecule has 0 aliphatic carbocycles. The monoisotopic (exact) mass is 330 g/mol. The average Bonchev–Trinajstić information content (AvgIpc) is 2.40. The minimum atomic E-state index is -4.55. The first kappa shape index (κ1) is 18.1. The van der Waals surface area contributed by atoms with E-state index in [0.29, 0.717) is 4.90 Å². The highest BCUT2D eigenvalue weighted by Crippen LogP contribution is 2.19. The predicted molar refractivity (Wildman–Crippen MR) is 63.4 cm³/mol. The lowest BCUT2D eigenvalue weighted by atomic mass is 10.2. The molecule has 22 heavy (non-hydrogen) atoms. The molecule has 0 N–H and O–H groups in total. The topological polar surface area (TPSA) is 42.4 Å². The third kappa shape index (κ3) is 6.19. The van der Waals surface area contributed by atoms with E-state index >= 15 is 0 Å². The van der Waals surface area contributed by atoms with Crippen molar-refractivity contribution < 1.29 is 35.9 Å². The highest BCUT2D eigenvalue weighted by atomic mass is 19.4. The van der Waals surface area contributed by atoms with E-state index < -0.39 is 31.4 Å². The van der Waals surface area contributed by atoms with Gasteiger partial charge in [-0.2, -0.15) is 26.3 Å². The quantitative estimate of drug-likeness (QED) is 0.780. The highest BCUT2D eigenvalue weighted by molar-refractivity contribution is 5.94. The van der Waals surface area contributed by atoms with Crippen LogP contribution in [0.5, 0.6) is 5.88 Å². The molecule has 0 spiro atoms. The summed E-state index contributed by atoms with van der Waals surface area (Å²) in [7, 11) is 0. The number of alkyl halides is 6. The minimum absolute atomic E-state index is 0.176. The molecule has 0 unspecified atom stereocenters. The number of ether oxygens (including phenoxy) is 1. The number of aromatic nitrogens is 1. The van der Waals surface area contributed by atoms with Crippen LogP contribution in [0.15, 0.2) is 18.3 Å². The van der Waals surface area contributed by atoms with Crippen molar-refractivity contribution in [2.45, 2.75) is 19.3 Å². The first-order chi connectivity index (χ1) is 10.0. The normalized spacial score (nSPS) is 12.1. The fourth-order valence-electron chi connectivity index (χ4n) is 1.47. The number of pyridine rings is 1. The molecule has 1 heterocycles. The van der Waals surface area contributed by atoms with Crippen molar-refractivity contribution >= 4 is 5.91 Å². The van der Waals surface area contributed by atoms with E-state index in [-0.39, 0.29) is 18.0 Å². The lowest BCUT2D eigenvalue weighted by molar-refractivity contribution is -0.154. The Labute approximate surface area is 121 Å². The second kappa shape index (κ2) is 6.84. The molecule has 0 saturated heterocycles. The van der Waals surface area contributed by atoms with Gasteiger partial charge < -0.3 is 9.64 Å². The molecule has 0 aliphatic rings. The number of hydrogen-bond donors (Lipinski definition) is 0. The molecule has 124 valence electrons. The van der Waals surface area contributed by atoms with Crippen LogP contribution in [0.3, 0.4) is 0 Å². The van der Waals surface area contributed by atoms with E-state index in [0.717, 1.165) is 18.3 Å². The Morgan fingerprint density at radius 2 is 1.82 bits per heavy atom. The Hall–Kier alpha value is -2.00. The van der Waals surface area contributed by atoms with Gasteiger partial charge in [-0.15, -0.1) is 0 Å². The van der Waals surface area contributed by atoms with Gasteiger partial charge in [-0.25, -0.2) is 4.98 Å². The van der Waals surface area contributed by atoms with Crippen LogP contribution >= 0.6 is 0 Å². The zero-order valence-electron chi connectivity index (χ0n) is 11.3. The predicted octanol–water partition coefficient (Wildman–Crippen LogP) is 3.05. The Bertz CT molecular complexity index is 498. The van der Waals surface area contributed by atoms with Crippen LogP contribution < -0.4 is 4.74 Å². The van der Waals surface area contributed by atoms with Crippen LogP contribution in [0, 0.1) is 0 Å². The van der Waals surface area contributed by atoms with Gasteiger partial charge in [-0.3, -0.25) is 4.79 Å². The van der Waals surface area contributed by atoms with Gasteiger partial charge in [0.15, 0.2) is 6.61 Å². The lowest BCUT2D eigenvalue weighted by Crippen LogP contribution is -2.38. The van der Waals surface area contributed by atoms with Gasteiger partial charge in [-0.05, 0) is 13.0 Å². The molecule has 4 nitrogen and oxygen atoms in total. The van der Waals surface area contributed by atoms with Crippen molar-refractivity contribution in [3.05, 3.63) is 23.9 Å². The molecule has 0 saturated carbocycles. The van der Waals surface area contributed by atoms with Crippen molar-refractivity contribution in [2.75, 3.05) is 19.7 Å². The van der Waals surface area contributed by atoms with Crippen molar-refractivity contribution in [3.8, 4) is 5.88 Å². The van der Waals surface area contributed by atoms with Gasteiger partial charge in [0, 0.05) is 18.8 Å². The molecule has 1 aromatic rings. The summed E-state index contributed by atoms with van der Waals surface area (Å²) in [6.45, 7) is -1.78. The van der Waals surface area contributed by atoms with Crippen molar-refractivity contribution in [1.29, 1.82) is 0 Å². The average molecular weight is 330 g/mol. The summed E-state index contributed by atoms with van der Waals surface area (Å²) in [5.74, 6) is -1.30. The van der Waals surface area contributed by atoms with E-state index in [1.54, 1.807) is 0 Å². The maximum absolute atomic E-state index is 12.3. The third-order valence-electron chi connectivity index (χ3n) is 2.41. The van der Waals surface area contributed by atoms with E-state index in [1.807, 2.05) is 0 Å². The Morgan fingerprint density at radius 1 is 1.18 bits per heavy atom. The molecule has 1 aromatic heterocycles. The maximum atomic E-state index is 12.3. The first-order valence-corrected chi connectivity index (χ1v) is 6.03. The minimum Gasteiger partial charge on any atom is -0.468 e. The van der Waals surface area contributed by atoms with Gasteiger partial charge in [0.25, 0.3) is 5.91 Å². The summed E-state index contributed by atoms with van der Waals surface area (Å²) in [6, 6.07) is 2.04. The molecule has 0 atom stereocenters. The van der Waals surface area contributed by atoms with Crippen LogP contribution in [-0.2, 0) is 0 Å². The maximum Gasteiger partial charge on any atom is 0.422 e. The van der Waals surface area contributed by atoms with Crippen molar-refractivity contribution in [2.24, 2.45) is 0 Å². The summed E-state index contributed by atoms with van der Waals surface area (Å²) in [5, 5.41) is 0. The van der Waals surface area contributed by atoms with Gasteiger partial charge in [0.1, 0.15) is 6.54 Å². The van der Waals surface area contributed by atoms with Crippen LogP contribution in [0.4, 0.5) is 26.3 Å². The smallest absolute Gasteiger partial charge is 0.422 e. The molecule has 10 heteroatoms. The van der Waals surface area contributed by atoms with Gasteiger partial charge in [0.05, 0.1) is 5.56 Å². The number of nitrogens with zero attached hydrogens (tertiary/aromatic N) is 2. The number of hydrogen-bond acceptors (Lipinski definition) is 3. The number of carbonyl (C=O) groups excluding carboxylic acids is 1. The largest absolute Gasteiger partial charge is 0.468 e. The fraction of sp³-hybridized carbons (Fsp3) is 0.500.